The van der Waals surface area contributed by atoms with Gasteiger partial charge >= 0.3 is 0 Å². The number of thiophene rings is 1. The molecule has 0 fully saturated rings. The summed E-state index contributed by atoms with van der Waals surface area (Å²) in [4.78, 5) is 0. The summed E-state index contributed by atoms with van der Waals surface area (Å²) >= 11 is 5.23. The standard InChI is InChI=1S/C17H16BrNOS/c1-20-16-9-12(18)6-7-14(16)15(19)8-11-10-21-17-5-3-2-4-13(11)17/h2-7,9-10,15H,8,19H2,1H3. The first-order valence-corrected chi connectivity index (χ1v) is 8.40. The lowest BCUT2D eigenvalue weighted by Crippen LogP contribution is -2.14. The van der Waals surface area contributed by atoms with E-state index >= 15 is 0 Å². The number of halogens is 1. The molecule has 0 saturated heterocycles. The zero-order valence-corrected chi connectivity index (χ0v) is 14.1. The van der Waals surface area contributed by atoms with E-state index in [1.54, 1.807) is 18.4 Å². The van der Waals surface area contributed by atoms with Gasteiger partial charge in [-0.1, -0.05) is 40.2 Å². The van der Waals surface area contributed by atoms with Gasteiger partial charge in [0.05, 0.1) is 7.11 Å². The van der Waals surface area contributed by atoms with Gasteiger partial charge in [0, 0.05) is 20.8 Å². The predicted octanol–water partition coefficient (Wildman–Crippen LogP) is 4.91. The van der Waals surface area contributed by atoms with Gasteiger partial charge in [-0.2, -0.15) is 0 Å². The molecule has 21 heavy (non-hydrogen) atoms. The Kier molecular flexibility index (Phi) is 4.29. The number of methoxy groups -OCH3 is 1. The smallest absolute Gasteiger partial charge is 0.124 e. The first-order chi connectivity index (χ1) is 10.2. The average molecular weight is 362 g/mol. The van der Waals surface area contributed by atoms with Crippen molar-refractivity contribution >= 4 is 37.4 Å². The maximum Gasteiger partial charge on any atom is 0.124 e. The van der Waals surface area contributed by atoms with Crippen LogP contribution in [0.25, 0.3) is 10.1 Å². The summed E-state index contributed by atoms with van der Waals surface area (Å²) in [7, 11) is 1.68. The summed E-state index contributed by atoms with van der Waals surface area (Å²) in [5.41, 5.74) is 8.75. The minimum Gasteiger partial charge on any atom is -0.496 e. The van der Waals surface area contributed by atoms with Crippen molar-refractivity contribution < 1.29 is 4.74 Å². The van der Waals surface area contributed by atoms with E-state index in [0.717, 1.165) is 22.2 Å². The monoisotopic (exact) mass is 361 g/mol. The van der Waals surface area contributed by atoms with Gasteiger partial charge < -0.3 is 10.5 Å². The molecule has 2 nitrogen and oxygen atoms in total. The molecular formula is C17H16BrNOS. The van der Waals surface area contributed by atoms with Crippen molar-refractivity contribution in [3.8, 4) is 5.75 Å². The molecular weight excluding hydrogens is 346 g/mol. The highest BCUT2D eigenvalue weighted by Gasteiger charge is 2.15. The van der Waals surface area contributed by atoms with Crippen LogP contribution in [0.3, 0.4) is 0 Å². The lowest BCUT2D eigenvalue weighted by molar-refractivity contribution is 0.405. The summed E-state index contributed by atoms with van der Waals surface area (Å²) in [6.45, 7) is 0. The number of benzene rings is 2. The maximum absolute atomic E-state index is 6.41. The molecule has 1 unspecified atom stereocenters. The number of hydrogen-bond donors (Lipinski definition) is 1. The van der Waals surface area contributed by atoms with E-state index < -0.39 is 0 Å². The van der Waals surface area contributed by atoms with Crippen molar-refractivity contribution in [1.29, 1.82) is 0 Å². The minimum atomic E-state index is -0.0777. The Labute approximate surface area is 136 Å². The fourth-order valence-electron chi connectivity index (χ4n) is 2.53. The molecule has 1 aromatic heterocycles. The number of fused-ring (bicyclic) bond motifs is 1. The fraction of sp³-hybridized carbons (Fsp3) is 0.176. The van der Waals surface area contributed by atoms with E-state index in [0.29, 0.717) is 0 Å². The molecule has 1 heterocycles. The molecule has 0 aliphatic heterocycles. The average Bonchev–Trinajstić information content (AvgIpc) is 2.90. The molecule has 0 aliphatic carbocycles. The molecule has 3 aromatic rings. The Balaban J connectivity index is 1.91. The number of nitrogens with two attached hydrogens (primary N) is 1. The van der Waals surface area contributed by atoms with Gasteiger partial charge in [-0.3, -0.25) is 0 Å². The van der Waals surface area contributed by atoms with Crippen LogP contribution in [0.15, 0.2) is 52.3 Å². The molecule has 2 aromatic carbocycles. The van der Waals surface area contributed by atoms with Gasteiger partial charge in [-0.15, -0.1) is 11.3 Å². The van der Waals surface area contributed by atoms with Gasteiger partial charge in [0.1, 0.15) is 5.75 Å². The van der Waals surface area contributed by atoms with Gasteiger partial charge in [-0.25, -0.2) is 0 Å². The van der Waals surface area contributed by atoms with Crippen molar-refractivity contribution in [2.45, 2.75) is 12.5 Å². The largest absolute Gasteiger partial charge is 0.496 e. The van der Waals surface area contributed by atoms with E-state index in [1.807, 2.05) is 18.2 Å². The summed E-state index contributed by atoms with van der Waals surface area (Å²) in [5.74, 6) is 0.830. The van der Waals surface area contributed by atoms with Crippen LogP contribution in [0.4, 0.5) is 0 Å². The van der Waals surface area contributed by atoms with Crippen LogP contribution in [0.5, 0.6) is 5.75 Å². The second kappa shape index (κ2) is 6.18. The minimum absolute atomic E-state index is 0.0777. The zero-order chi connectivity index (χ0) is 14.8. The van der Waals surface area contributed by atoms with E-state index in [-0.39, 0.29) is 6.04 Å². The van der Waals surface area contributed by atoms with Gasteiger partial charge in [-0.05, 0) is 40.9 Å². The van der Waals surface area contributed by atoms with Crippen molar-refractivity contribution in [3.63, 3.8) is 0 Å². The molecule has 0 spiro atoms. The highest BCUT2D eigenvalue weighted by molar-refractivity contribution is 9.10. The van der Waals surface area contributed by atoms with E-state index in [4.69, 9.17) is 10.5 Å². The van der Waals surface area contributed by atoms with E-state index in [2.05, 4.69) is 45.6 Å². The summed E-state index contributed by atoms with van der Waals surface area (Å²) in [6.07, 6.45) is 0.808. The quantitative estimate of drug-likeness (QED) is 0.715. The van der Waals surface area contributed by atoms with Crippen LogP contribution < -0.4 is 10.5 Å². The topological polar surface area (TPSA) is 35.2 Å². The normalized spacial score (nSPS) is 12.5. The van der Waals surface area contributed by atoms with Gasteiger partial charge in [0.2, 0.25) is 0 Å². The number of ether oxygens (including phenoxy) is 1. The molecule has 3 rings (SSSR count). The third kappa shape index (κ3) is 2.98. The molecule has 0 bridgehead atoms. The third-order valence-electron chi connectivity index (χ3n) is 3.60. The molecule has 0 amide bonds. The highest BCUT2D eigenvalue weighted by atomic mass is 79.9. The maximum atomic E-state index is 6.41. The Morgan fingerprint density at radius 2 is 2.05 bits per heavy atom. The van der Waals surface area contributed by atoms with Crippen molar-refractivity contribution in [1.82, 2.24) is 0 Å². The van der Waals surface area contributed by atoms with E-state index in [9.17, 15) is 0 Å². The zero-order valence-electron chi connectivity index (χ0n) is 11.7. The Morgan fingerprint density at radius 1 is 1.24 bits per heavy atom. The molecule has 2 N–H and O–H groups in total. The van der Waals surface area contributed by atoms with Crippen LogP contribution in [-0.2, 0) is 6.42 Å². The second-order valence-electron chi connectivity index (χ2n) is 4.95. The van der Waals surface area contributed by atoms with Crippen molar-refractivity contribution in [3.05, 3.63) is 63.4 Å². The van der Waals surface area contributed by atoms with Crippen molar-refractivity contribution in [2.24, 2.45) is 5.73 Å². The third-order valence-corrected chi connectivity index (χ3v) is 5.10. The van der Waals surface area contributed by atoms with Gasteiger partial charge in [0.15, 0.2) is 0 Å². The number of hydrogen-bond acceptors (Lipinski definition) is 3. The molecule has 108 valence electrons. The lowest BCUT2D eigenvalue weighted by atomic mass is 9.98. The van der Waals surface area contributed by atoms with Crippen LogP contribution >= 0.6 is 27.3 Å². The molecule has 0 saturated carbocycles. The Bertz CT molecular complexity index is 768. The lowest BCUT2D eigenvalue weighted by Gasteiger charge is -2.16. The van der Waals surface area contributed by atoms with Crippen LogP contribution in [0, 0.1) is 0 Å². The molecule has 1 atom stereocenters. The van der Waals surface area contributed by atoms with Gasteiger partial charge in [0.25, 0.3) is 0 Å². The SMILES string of the molecule is COc1cc(Br)ccc1C(N)Cc1csc2ccccc12. The van der Waals surface area contributed by atoms with Crippen LogP contribution in [-0.4, -0.2) is 7.11 Å². The summed E-state index contributed by atoms with van der Waals surface area (Å²) < 4.78 is 7.75. The van der Waals surface area contributed by atoms with Crippen LogP contribution in [0.1, 0.15) is 17.2 Å². The predicted molar refractivity (Wildman–Crippen MR) is 93.2 cm³/mol. The highest BCUT2D eigenvalue weighted by Crippen LogP contribution is 2.32. The van der Waals surface area contributed by atoms with Crippen LogP contribution in [0.2, 0.25) is 0 Å². The Morgan fingerprint density at radius 3 is 2.86 bits per heavy atom. The first kappa shape index (κ1) is 14.6. The summed E-state index contributed by atoms with van der Waals surface area (Å²) in [6, 6.07) is 14.4. The van der Waals surface area contributed by atoms with E-state index in [1.165, 1.54) is 15.6 Å². The molecule has 0 radical (unpaired) electrons. The first-order valence-electron chi connectivity index (χ1n) is 6.73. The molecule has 4 heteroatoms. The van der Waals surface area contributed by atoms with Crippen molar-refractivity contribution in [2.75, 3.05) is 7.11 Å². The fourth-order valence-corrected chi connectivity index (χ4v) is 3.84. The molecule has 0 aliphatic rings. The second-order valence-corrected chi connectivity index (χ2v) is 6.78. The Hall–Kier alpha value is -1.36. The summed E-state index contributed by atoms with van der Waals surface area (Å²) in [5, 5.41) is 3.50. The number of rotatable bonds is 4.